The van der Waals surface area contributed by atoms with Crippen molar-refractivity contribution in [2.24, 2.45) is 0 Å². The average molecular weight is 638 g/mol. The second kappa shape index (κ2) is 17.8. The van der Waals surface area contributed by atoms with Gasteiger partial charge in [0.1, 0.15) is 17.2 Å². The van der Waals surface area contributed by atoms with Crippen LogP contribution in [0, 0.1) is 0 Å². The normalized spacial score (nSPS) is 12.4. The molecule has 0 amide bonds. The van der Waals surface area contributed by atoms with E-state index in [2.05, 4.69) is 47.6 Å². The molecule has 0 aliphatic carbocycles. The third-order valence-corrected chi connectivity index (χ3v) is 8.36. The maximum Gasteiger partial charge on any atom is 0.316 e. The molecule has 45 heavy (non-hydrogen) atoms. The lowest BCUT2D eigenvalue weighted by Crippen LogP contribution is -2.12. The Labute approximate surface area is 271 Å². The number of hydrogen-bond acceptors (Lipinski definition) is 6. The number of hydrogen-bond donors (Lipinski definition) is 2. The number of H-pyrrole nitrogens is 1. The molecule has 0 saturated heterocycles. The van der Waals surface area contributed by atoms with Crippen molar-refractivity contribution >= 4 is 22.6 Å². The van der Waals surface area contributed by atoms with Crippen LogP contribution in [0.2, 0.25) is 0 Å². The van der Waals surface area contributed by atoms with Crippen LogP contribution >= 0.6 is 0 Å². The highest BCUT2D eigenvalue weighted by atomic mass is 32.2. The lowest BCUT2D eigenvalue weighted by atomic mass is 9.93. The zero-order valence-corrected chi connectivity index (χ0v) is 28.3. The molecule has 0 bridgehead atoms. The molecule has 0 spiro atoms. The predicted octanol–water partition coefficient (Wildman–Crippen LogP) is 8.74. The van der Waals surface area contributed by atoms with Crippen LogP contribution in [-0.2, 0) is 23.1 Å². The van der Waals surface area contributed by atoms with Gasteiger partial charge < -0.3 is 13.7 Å². The van der Waals surface area contributed by atoms with Gasteiger partial charge in [0.2, 0.25) is 0 Å². The number of nitrogens with one attached hydrogen (secondary N) is 2. The van der Waals surface area contributed by atoms with Gasteiger partial charge in [0.25, 0.3) is 0 Å². The summed E-state index contributed by atoms with van der Waals surface area (Å²) >= 11 is -1.74. The number of aromatic nitrogens is 4. The molecule has 0 saturated carbocycles. The number of aromatic amines is 1. The minimum Gasteiger partial charge on any atom is -0.494 e. The Balaban J connectivity index is 1.06. The largest absolute Gasteiger partial charge is 0.494 e. The SMILES string of the molecule is CCCCCCCCCCCCOc1ccc(OS(=O)Nc2ccc(OCCCc3nc4cc(C(C)(C)C)[nH]n4n3)cc2)cc1. The van der Waals surface area contributed by atoms with Gasteiger partial charge in [-0.05, 0) is 61.4 Å². The van der Waals surface area contributed by atoms with Crippen molar-refractivity contribution in [2.75, 3.05) is 17.9 Å². The van der Waals surface area contributed by atoms with E-state index in [1.165, 1.54) is 57.8 Å². The zero-order valence-electron chi connectivity index (χ0n) is 27.5. The Bertz CT molecular complexity index is 1400. The topological polar surface area (TPSA) is 103 Å². The second-order valence-corrected chi connectivity index (χ2v) is 13.5. The van der Waals surface area contributed by atoms with Gasteiger partial charge in [-0.1, -0.05) is 85.5 Å². The Hall–Kier alpha value is -3.53. The minimum atomic E-state index is -1.74. The number of nitrogens with zero attached hydrogens (tertiary/aromatic N) is 3. The number of anilines is 1. The Morgan fingerprint density at radius 1 is 0.778 bits per heavy atom. The van der Waals surface area contributed by atoms with Gasteiger partial charge in [-0.15, -0.1) is 5.10 Å². The maximum absolute atomic E-state index is 12.5. The van der Waals surface area contributed by atoms with Crippen molar-refractivity contribution < 1.29 is 17.9 Å². The molecule has 1 unspecified atom stereocenters. The van der Waals surface area contributed by atoms with Gasteiger partial charge in [0.05, 0.1) is 13.2 Å². The summed E-state index contributed by atoms with van der Waals surface area (Å²) in [5.41, 5.74) is 2.64. The van der Waals surface area contributed by atoms with Crippen LogP contribution in [-0.4, -0.2) is 37.2 Å². The molecule has 0 fully saturated rings. The monoisotopic (exact) mass is 637 g/mol. The third-order valence-electron chi connectivity index (χ3n) is 7.62. The molecule has 0 aliphatic heterocycles. The fourth-order valence-electron chi connectivity index (χ4n) is 4.92. The molecule has 2 N–H and O–H groups in total. The molecule has 4 aromatic rings. The van der Waals surface area contributed by atoms with E-state index in [4.69, 9.17) is 13.7 Å². The van der Waals surface area contributed by atoms with Gasteiger partial charge in [0, 0.05) is 29.3 Å². The van der Waals surface area contributed by atoms with Crippen LogP contribution in [0.5, 0.6) is 17.2 Å². The molecule has 4 rings (SSSR count). The minimum absolute atomic E-state index is 0.0250. The first-order valence-corrected chi connectivity index (χ1v) is 17.7. The van der Waals surface area contributed by atoms with Gasteiger partial charge in [-0.2, -0.15) is 8.84 Å². The number of aryl methyl sites for hydroxylation is 1. The lowest BCUT2D eigenvalue weighted by molar-refractivity contribution is 0.304. The molecule has 2 aromatic heterocycles. The van der Waals surface area contributed by atoms with Crippen LogP contribution in [0.1, 0.15) is 110 Å². The van der Waals surface area contributed by atoms with Crippen molar-refractivity contribution in [3.05, 3.63) is 66.1 Å². The molecular weight excluding hydrogens is 586 g/mol. The van der Waals surface area contributed by atoms with E-state index >= 15 is 0 Å². The van der Waals surface area contributed by atoms with Crippen LogP contribution in [0.25, 0.3) is 5.65 Å². The first-order valence-electron chi connectivity index (χ1n) is 16.6. The second-order valence-electron chi connectivity index (χ2n) is 12.6. The average Bonchev–Trinajstić information content (AvgIpc) is 3.59. The first-order chi connectivity index (χ1) is 21.8. The molecule has 1 atom stereocenters. The highest BCUT2D eigenvalue weighted by Gasteiger charge is 2.18. The van der Waals surface area contributed by atoms with E-state index in [1.54, 1.807) is 16.8 Å². The number of benzene rings is 2. The molecule has 0 aliphatic rings. The molecule has 10 heteroatoms. The number of rotatable bonds is 21. The summed E-state index contributed by atoms with van der Waals surface area (Å²) in [5, 5.41) is 7.83. The maximum atomic E-state index is 12.5. The van der Waals surface area contributed by atoms with E-state index in [0.717, 1.165) is 47.9 Å². The number of unbranched alkanes of at least 4 members (excludes halogenated alkanes) is 9. The van der Waals surface area contributed by atoms with Gasteiger partial charge >= 0.3 is 11.3 Å². The van der Waals surface area contributed by atoms with Crippen molar-refractivity contribution in [1.29, 1.82) is 0 Å². The van der Waals surface area contributed by atoms with E-state index in [0.29, 0.717) is 24.7 Å². The van der Waals surface area contributed by atoms with Crippen LogP contribution in [0.4, 0.5) is 5.69 Å². The summed E-state index contributed by atoms with van der Waals surface area (Å²) in [6, 6.07) is 16.6. The standard InChI is InChI=1S/C35H51N5O4S/c1-5-6-7-8-9-10-11-12-13-14-25-42-30-21-23-31(24-22-30)44-45(41)39-28-17-19-29(20-18-28)43-26-15-16-33-36-34-27-32(35(2,3)4)37-40(34)38-33/h17-24,27,37,39H,5-16,25-26H2,1-4H3. The van der Waals surface area contributed by atoms with Gasteiger partial charge in [-0.3, -0.25) is 9.82 Å². The summed E-state index contributed by atoms with van der Waals surface area (Å²) in [6.45, 7) is 9.98. The first kappa shape index (κ1) is 34.3. The summed E-state index contributed by atoms with van der Waals surface area (Å²) in [4.78, 5) is 4.61. The van der Waals surface area contributed by atoms with E-state index in [1.807, 2.05) is 42.5 Å². The lowest BCUT2D eigenvalue weighted by Gasteiger charge is -2.14. The highest BCUT2D eigenvalue weighted by molar-refractivity contribution is 7.81. The molecule has 0 radical (unpaired) electrons. The summed E-state index contributed by atoms with van der Waals surface area (Å²) < 4.78 is 34.4. The molecule has 9 nitrogen and oxygen atoms in total. The molecule has 246 valence electrons. The molecular formula is C35H51N5O4S. The Morgan fingerprint density at radius 2 is 1.33 bits per heavy atom. The van der Waals surface area contributed by atoms with Crippen molar-refractivity contribution in [3.63, 3.8) is 0 Å². The molecule has 2 aromatic carbocycles. The summed E-state index contributed by atoms with van der Waals surface area (Å²) in [5.74, 6) is 2.83. The van der Waals surface area contributed by atoms with E-state index in [-0.39, 0.29) is 5.41 Å². The van der Waals surface area contributed by atoms with Crippen molar-refractivity contribution in [2.45, 2.75) is 110 Å². The Morgan fingerprint density at radius 3 is 1.93 bits per heavy atom. The fraction of sp³-hybridized carbons (Fsp3) is 0.543. The quantitative estimate of drug-likeness (QED) is 0.0886. The van der Waals surface area contributed by atoms with Crippen LogP contribution < -0.4 is 18.4 Å². The summed E-state index contributed by atoms with van der Waals surface area (Å²) in [7, 11) is 0. The molecule has 2 heterocycles. The van der Waals surface area contributed by atoms with Crippen molar-refractivity contribution in [3.8, 4) is 17.2 Å². The fourth-order valence-corrected chi connectivity index (χ4v) is 5.58. The highest BCUT2D eigenvalue weighted by Crippen LogP contribution is 2.23. The number of ether oxygens (including phenoxy) is 2. The predicted molar refractivity (Wildman–Crippen MR) is 182 cm³/mol. The van der Waals surface area contributed by atoms with Crippen LogP contribution in [0.3, 0.4) is 0 Å². The Kier molecular flexibility index (Phi) is 13.6. The zero-order chi connectivity index (χ0) is 31.9. The third kappa shape index (κ3) is 12.1. The smallest absolute Gasteiger partial charge is 0.316 e. The van der Waals surface area contributed by atoms with Crippen LogP contribution in [0.15, 0.2) is 54.6 Å². The van der Waals surface area contributed by atoms with Gasteiger partial charge in [0.15, 0.2) is 11.5 Å². The van der Waals surface area contributed by atoms with E-state index < -0.39 is 11.3 Å². The summed E-state index contributed by atoms with van der Waals surface area (Å²) in [6.07, 6.45) is 14.6. The number of fused-ring (bicyclic) bond motifs is 1. The van der Waals surface area contributed by atoms with Gasteiger partial charge in [-0.25, -0.2) is 4.98 Å². The van der Waals surface area contributed by atoms with Crippen molar-refractivity contribution in [1.82, 2.24) is 19.8 Å². The van der Waals surface area contributed by atoms with E-state index in [9.17, 15) is 4.21 Å².